The molecule has 13 rings (SSSR count). The summed E-state index contributed by atoms with van der Waals surface area (Å²) >= 11 is 15.7. The number of nitrogens with zero attached hydrogens (tertiary/aromatic N) is 6. The molecule has 0 amide bonds. The van der Waals surface area contributed by atoms with E-state index in [1.807, 2.05) is 68.0 Å². The molecule has 0 bridgehead atoms. The Morgan fingerprint density at radius 1 is 0.229 bits per heavy atom. The van der Waals surface area contributed by atoms with Crippen molar-refractivity contribution in [2.45, 2.75) is 292 Å². The molecule has 3 atom stereocenters. The van der Waals surface area contributed by atoms with Crippen molar-refractivity contribution in [3.8, 4) is 62.6 Å². The van der Waals surface area contributed by atoms with Gasteiger partial charge in [-0.25, -0.2) is 0 Å². The standard InChI is InChI=1S/C90H114N6S9/c1-7-13-19-25-28-34-40-61(37-31-22-16-10-4)55-64-43-52-76(97-64)67-46-49-70(85-82(67)91-103-94-85)79-58-73-88(100-79)74-59-80(71-50-47-68(83-86(71)95-104-92-83)77-53-44-65(98-77)56-62(38-32-23-17-11-5)41-35-29-26-20-14-8-2)102-90(74)75-60-81(101-89(73)75)72-51-48-69(84-87(72)96-105-93-84)78-54-45-66(99-78)57-63(39-33-24-18-12-6)42-36-30-27-21-15-9-3/h43-54,58-63H,7-42,55-57H2,1-6H3. The summed E-state index contributed by atoms with van der Waals surface area (Å²) in [5.74, 6) is 2.25. The molecule has 0 spiro atoms. The number of rotatable bonds is 48. The summed E-state index contributed by atoms with van der Waals surface area (Å²) in [5.41, 5.74) is 13.1. The normalized spacial score (nSPS) is 13.1. The molecule has 9 heterocycles. The Balaban J connectivity index is 0.834. The van der Waals surface area contributed by atoms with Gasteiger partial charge in [0.05, 0.1) is 35.2 Å². The van der Waals surface area contributed by atoms with Gasteiger partial charge in [0.1, 0.15) is 33.1 Å². The molecular formula is C90H114N6S9. The van der Waals surface area contributed by atoms with E-state index < -0.39 is 0 Å². The zero-order chi connectivity index (χ0) is 72.1. The molecule has 0 aliphatic heterocycles. The van der Waals surface area contributed by atoms with Crippen molar-refractivity contribution in [2.24, 2.45) is 17.8 Å². The second-order valence-corrected chi connectivity index (χ2v) is 38.9. The molecule has 15 heteroatoms. The first-order valence-electron chi connectivity index (χ1n) is 41.3. The third kappa shape index (κ3) is 19.9. The molecule has 0 aliphatic carbocycles. The Morgan fingerprint density at radius 2 is 0.438 bits per heavy atom. The predicted molar refractivity (Wildman–Crippen MR) is 474 cm³/mol. The van der Waals surface area contributed by atoms with E-state index in [4.69, 9.17) is 26.2 Å². The number of benzene rings is 4. The monoisotopic (exact) mass is 1570 g/mol. The highest BCUT2D eigenvalue weighted by Gasteiger charge is 2.26. The summed E-state index contributed by atoms with van der Waals surface area (Å²) in [4.78, 5) is 12.1. The fourth-order valence-corrected chi connectivity index (χ4v) is 25.5. The van der Waals surface area contributed by atoms with E-state index in [0.29, 0.717) is 0 Å². The van der Waals surface area contributed by atoms with Crippen LogP contribution in [0, 0.1) is 17.8 Å². The van der Waals surface area contributed by atoms with Gasteiger partial charge in [-0.3, -0.25) is 0 Å². The van der Waals surface area contributed by atoms with Crippen LogP contribution in [0.1, 0.15) is 287 Å². The fraction of sp³-hybridized carbons (Fsp3) is 0.533. The molecule has 0 radical (unpaired) electrons. The SMILES string of the molecule is CCCCCCCCC(CCCCCC)Cc1ccc(-c2ccc(-c3cc4c(s3)c3cc(-c5ccc(-c6ccc(CC(CCCCCC)CCCCCCCC)s6)c6nsnc56)sc3c3cc(-c5ccc(-c6ccc(CC(CCCCCC)CCCCCCCC)s6)c6nsnc56)sc43)c3nsnc23)s1. The molecule has 6 nitrogen and oxygen atoms in total. The van der Waals surface area contributed by atoms with Crippen molar-refractivity contribution in [3.63, 3.8) is 0 Å². The third-order valence-corrected chi connectivity index (χ3v) is 31.1. The lowest BCUT2D eigenvalue weighted by molar-refractivity contribution is 0.404. The van der Waals surface area contributed by atoms with Gasteiger partial charge < -0.3 is 0 Å². The highest BCUT2D eigenvalue weighted by Crippen LogP contribution is 2.54. The van der Waals surface area contributed by atoms with E-state index in [9.17, 15) is 0 Å². The van der Waals surface area contributed by atoms with Gasteiger partial charge in [0.15, 0.2) is 0 Å². The first-order chi connectivity index (χ1) is 51.8. The lowest BCUT2D eigenvalue weighted by atomic mass is 9.91. The highest BCUT2D eigenvalue weighted by atomic mass is 32.1. The maximum atomic E-state index is 5.16. The van der Waals surface area contributed by atoms with Gasteiger partial charge in [0, 0.05) is 108 Å². The number of fused-ring (bicyclic) bond motifs is 9. The van der Waals surface area contributed by atoms with Gasteiger partial charge in [-0.1, -0.05) is 309 Å². The van der Waals surface area contributed by atoms with Crippen LogP contribution in [0.4, 0.5) is 0 Å². The van der Waals surface area contributed by atoms with Crippen LogP contribution in [0.3, 0.4) is 0 Å². The smallest absolute Gasteiger partial charge is 0.114 e. The highest BCUT2D eigenvalue weighted by molar-refractivity contribution is 7.30. The second kappa shape index (κ2) is 40.3. The Bertz CT molecular complexity index is 4220. The Morgan fingerprint density at radius 3 is 0.676 bits per heavy atom. The van der Waals surface area contributed by atoms with Crippen molar-refractivity contribution >= 4 is 167 Å². The van der Waals surface area contributed by atoms with E-state index in [1.165, 1.54) is 376 Å². The van der Waals surface area contributed by atoms with Crippen LogP contribution in [0.25, 0.3) is 126 Å². The van der Waals surface area contributed by atoms with Gasteiger partial charge in [-0.05, 0) is 91.6 Å². The molecule has 0 fully saturated rings. The number of hydrogen-bond acceptors (Lipinski definition) is 15. The average Bonchev–Trinajstić information content (AvgIpc) is 1.56. The summed E-state index contributed by atoms with van der Waals surface area (Å²) in [5, 5.41) is 3.88. The fourth-order valence-electron chi connectivity index (χ4n) is 16.5. The summed E-state index contributed by atoms with van der Waals surface area (Å²) in [6, 6.07) is 36.0. The minimum absolute atomic E-state index is 0.749. The molecule has 558 valence electrons. The molecule has 0 saturated heterocycles. The predicted octanol–water partition coefficient (Wildman–Crippen LogP) is 33.2. The molecular weight excluding hydrogens is 1450 g/mol. The molecule has 0 aliphatic rings. The van der Waals surface area contributed by atoms with Crippen molar-refractivity contribution in [2.75, 3.05) is 0 Å². The molecule has 13 aromatic rings. The van der Waals surface area contributed by atoms with Gasteiger partial charge in [-0.2, -0.15) is 26.2 Å². The number of hydrogen-bond donors (Lipinski definition) is 0. The largest absolute Gasteiger partial charge is 0.172 e. The minimum Gasteiger partial charge on any atom is -0.172 e. The van der Waals surface area contributed by atoms with Crippen LogP contribution in [0.5, 0.6) is 0 Å². The van der Waals surface area contributed by atoms with Gasteiger partial charge in [0.25, 0.3) is 0 Å². The zero-order valence-electron chi connectivity index (χ0n) is 63.8. The first kappa shape index (κ1) is 78.4. The number of unbranched alkanes of at least 4 members (excludes halogenated alkanes) is 24. The Labute approximate surface area is 664 Å². The number of aromatic nitrogens is 6. The molecule has 9 aromatic heterocycles. The molecule has 3 unspecified atom stereocenters. The van der Waals surface area contributed by atoms with Gasteiger partial charge in [-0.15, -0.1) is 68.0 Å². The average molecular weight is 1570 g/mol. The Kier molecular flexibility index (Phi) is 30.1. The first-order valence-corrected chi connectivity index (χ1v) is 48.4. The molecule has 0 N–H and O–H groups in total. The van der Waals surface area contributed by atoms with Crippen molar-refractivity contribution in [1.29, 1.82) is 0 Å². The molecule has 4 aromatic carbocycles. The lowest BCUT2D eigenvalue weighted by Gasteiger charge is -2.16. The van der Waals surface area contributed by atoms with Gasteiger partial charge >= 0.3 is 0 Å². The van der Waals surface area contributed by atoms with E-state index in [1.54, 1.807) is 0 Å². The maximum Gasteiger partial charge on any atom is 0.114 e. The minimum atomic E-state index is 0.749. The van der Waals surface area contributed by atoms with E-state index >= 15 is 0 Å². The topological polar surface area (TPSA) is 77.3 Å². The maximum absolute atomic E-state index is 5.16. The van der Waals surface area contributed by atoms with Crippen LogP contribution < -0.4 is 0 Å². The molecule has 105 heavy (non-hydrogen) atoms. The van der Waals surface area contributed by atoms with Crippen molar-refractivity contribution in [3.05, 3.63) is 106 Å². The van der Waals surface area contributed by atoms with Crippen LogP contribution in [-0.4, -0.2) is 26.2 Å². The van der Waals surface area contributed by atoms with Gasteiger partial charge in [0.2, 0.25) is 0 Å². The second-order valence-electron chi connectivity index (χ2n) is 30.7. The van der Waals surface area contributed by atoms with Crippen LogP contribution >= 0.6 is 103 Å². The summed E-state index contributed by atoms with van der Waals surface area (Å²) in [6.45, 7) is 14.0. The summed E-state index contributed by atoms with van der Waals surface area (Å²) in [6.07, 6.45) is 52.2. The van der Waals surface area contributed by atoms with Crippen LogP contribution in [0.15, 0.2) is 91.0 Å². The van der Waals surface area contributed by atoms with Crippen molar-refractivity contribution < 1.29 is 0 Å². The lowest BCUT2D eigenvalue weighted by Crippen LogP contribution is -2.04. The van der Waals surface area contributed by atoms with E-state index in [2.05, 4.69) is 133 Å². The van der Waals surface area contributed by atoms with Crippen LogP contribution in [0.2, 0.25) is 0 Å². The third-order valence-electron chi connectivity index (χ3n) is 22.5. The van der Waals surface area contributed by atoms with E-state index in [-0.39, 0.29) is 0 Å². The Hall–Kier alpha value is -4.68. The molecule has 0 saturated carbocycles. The summed E-state index contributed by atoms with van der Waals surface area (Å²) in [7, 11) is 0. The van der Waals surface area contributed by atoms with Crippen molar-refractivity contribution in [1.82, 2.24) is 26.2 Å². The summed E-state index contributed by atoms with van der Waals surface area (Å²) < 4.78 is 34.8. The zero-order valence-corrected chi connectivity index (χ0v) is 71.2. The number of thiophene rings is 6. The van der Waals surface area contributed by atoms with E-state index in [0.717, 1.165) is 67.5 Å². The quantitative estimate of drug-likeness (QED) is 0.0354. The van der Waals surface area contributed by atoms with Crippen LogP contribution in [-0.2, 0) is 19.3 Å².